The van der Waals surface area contributed by atoms with Crippen LogP contribution >= 0.6 is 0 Å². The average molecular weight is 526 g/mol. The molecule has 3 rings (SSSR count). The molecule has 0 bridgehead atoms. The number of carbonyl (C=O) groups excluding carboxylic acids is 1. The Bertz CT molecular complexity index is 964. The fourth-order valence-electron chi connectivity index (χ4n) is 5.19. The Morgan fingerprint density at radius 1 is 1.05 bits per heavy atom. The summed E-state index contributed by atoms with van der Waals surface area (Å²) in [6.45, 7) is 9.19. The van der Waals surface area contributed by atoms with Gasteiger partial charge in [-0.2, -0.15) is 0 Å². The number of carbonyl (C=O) groups is 1. The maximum atomic E-state index is 13.0. The van der Waals surface area contributed by atoms with Crippen LogP contribution in [0, 0.1) is 23.7 Å². The molecule has 2 aromatic carbocycles. The van der Waals surface area contributed by atoms with Crippen molar-refractivity contribution >= 4 is 5.91 Å². The van der Waals surface area contributed by atoms with Crippen LogP contribution < -0.4 is 14.8 Å². The Morgan fingerprint density at radius 3 is 2.55 bits per heavy atom. The van der Waals surface area contributed by atoms with Crippen LogP contribution in [0.25, 0.3) is 0 Å². The maximum absolute atomic E-state index is 13.0. The summed E-state index contributed by atoms with van der Waals surface area (Å²) in [5, 5.41) is 3.15. The van der Waals surface area contributed by atoms with E-state index in [0.717, 1.165) is 49.2 Å². The minimum atomic E-state index is -0.00522. The summed E-state index contributed by atoms with van der Waals surface area (Å²) in [7, 11) is 3.38. The summed E-state index contributed by atoms with van der Waals surface area (Å²) in [4.78, 5) is 13.0. The lowest BCUT2D eigenvalue weighted by molar-refractivity contribution is -0.134. The number of benzene rings is 2. The smallest absolute Gasteiger partial charge is 0.223 e. The van der Waals surface area contributed by atoms with Crippen molar-refractivity contribution in [1.82, 2.24) is 5.32 Å². The normalized spacial score (nSPS) is 20.2. The van der Waals surface area contributed by atoms with Crippen LogP contribution in [0.4, 0.5) is 0 Å². The SMILES string of the molecule is COCCCOc1cc(C[C@@H](CC[C@@H]2C[C@H](C(=O)NCc3ccccc3)C(C)CO2)C(C)C)ccc1OC. The Balaban J connectivity index is 1.54. The first-order valence-corrected chi connectivity index (χ1v) is 14.1. The standard InChI is InChI=1S/C32H47NO5/c1-23(2)27(18-26-12-15-30(36-5)31(19-26)37-17-9-16-35-4)13-14-28-20-29(24(3)22-38-28)32(34)33-21-25-10-7-6-8-11-25/h6-8,10-12,15,19,23-24,27-29H,9,13-14,16-18,20-22H2,1-5H3,(H,33,34)/t24?,27-,28-,29+/m1/s1. The molecule has 6 heteroatoms. The lowest BCUT2D eigenvalue weighted by Gasteiger charge is -2.34. The van der Waals surface area contributed by atoms with Gasteiger partial charge < -0.3 is 24.3 Å². The van der Waals surface area contributed by atoms with E-state index >= 15 is 0 Å². The number of amides is 1. The minimum absolute atomic E-state index is 0.00522. The molecule has 0 radical (unpaired) electrons. The van der Waals surface area contributed by atoms with Gasteiger partial charge in [-0.05, 0) is 66.7 Å². The van der Waals surface area contributed by atoms with Gasteiger partial charge in [0.2, 0.25) is 5.91 Å². The van der Waals surface area contributed by atoms with E-state index in [4.69, 9.17) is 18.9 Å². The molecule has 0 saturated carbocycles. The number of hydrogen-bond acceptors (Lipinski definition) is 5. The van der Waals surface area contributed by atoms with Crippen molar-refractivity contribution in [2.75, 3.05) is 34.0 Å². The number of hydrogen-bond donors (Lipinski definition) is 1. The molecule has 1 aliphatic heterocycles. The Morgan fingerprint density at radius 2 is 1.84 bits per heavy atom. The van der Waals surface area contributed by atoms with Crippen molar-refractivity contribution in [3.8, 4) is 11.5 Å². The predicted octanol–water partition coefficient (Wildman–Crippen LogP) is 6.06. The van der Waals surface area contributed by atoms with Gasteiger partial charge in [-0.3, -0.25) is 4.79 Å². The van der Waals surface area contributed by atoms with Crippen LogP contribution in [0.15, 0.2) is 48.5 Å². The van der Waals surface area contributed by atoms with E-state index in [0.29, 0.717) is 38.2 Å². The molecule has 6 nitrogen and oxygen atoms in total. The average Bonchev–Trinajstić information content (AvgIpc) is 2.93. The molecule has 0 spiro atoms. The molecule has 38 heavy (non-hydrogen) atoms. The second-order valence-corrected chi connectivity index (χ2v) is 10.9. The molecule has 1 amide bonds. The molecule has 1 N–H and O–H groups in total. The Kier molecular flexibility index (Phi) is 12.4. The van der Waals surface area contributed by atoms with Gasteiger partial charge in [0.05, 0.1) is 26.4 Å². The highest BCUT2D eigenvalue weighted by Gasteiger charge is 2.33. The van der Waals surface area contributed by atoms with Gasteiger partial charge >= 0.3 is 0 Å². The topological polar surface area (TPSA) is 66.0 Å². The van der Waals surface area contributed by atoms with Crippen molar-refractivity contribution in [1.29, 1.82) is 0 Å². The maximum Gasteiger partial charge on any atom is 0.223 e. The van der Waals surface area contributed by atoms with E-state index in [-0.39, 0.29) is 23.8 Å². The van der Waals surface area contributed by atoms with Crippen LogP contribution in [-0.2, 0) is 27.2 Å². The molecule has 0 aromatic heterocycles. The first-order valence-electron chi connectivity index (χ1n) is 14.1. The summed E-state index contributed by atoms with van der Waals surface area (Å²) in [6.07, 6.45) is 4.74. The molecule has 1 saturated heterocycles. The fraction of sp³-hybridized carbons (Fsp3) is 0.594. The third-order valence-corrected chi connectivity index (χ3v) is 7.72. The van der Waals surface area contributed by atoms with Gasteiger partial charge in [-0.25, -0.2) is 0 Å². The lowest BCUT2D eigenvalue weighted by atomic mass is 9.81. The van der Waals surface area contributed by atoms with Gasteiger partial charge in [0, 0.05) is 32.6 Å². The number of ether oxygens (including phenoxy) is 4. The zero-order valence-corrected chi connectivity index (χ0v) is 23.9. The fourth-order valence-corrected chi connectivity index (χ4v) is 5.19. The molecule has 1 unspecified atom stereocenters. The summed E-state index contributed by atoms with van der Waals surface area (Å²) in [6, 6.07) is 16.3. The molecule has 1 aliphatic rings. The van der Waals surface area contributed by atoms with Crippen LogP contribution in [0.3, 0.4) is 0 Å². The van der Waals surface area contributed by atoms with Gasteiger partial charge in [0.15, 0.2) is 11.5 Å². The molecule has 4 atom stereocenters. The second kappa shape index (κ2) is 15.7. The third-order valence-electron chi connectivity index (χ3n) is 7.72. The minimum Gasteiger partial charge on any atom is -0.493 e. The molecule has 2 aromatic rings. The number of rotatable bonds is 15. The van der Waals surface area contributed by atoms with Crippen LogP contribution in [0.5, 0.6) is 11.5 Å². The zero-order chi connectivity index (χ0) is 27.3. The van der Waals surface area contributed by atoms with Gasteiger partial charge in [-0.1, -0.05) is 57.2 Å². The van der Waals surface area contributed by atoms with Crippen molar-refractivity contribution in [3.63, 3.8) is 0 Å². The number of nitrogens with one attached hydrogen (secondary N) is 1. The highest BCUT2D eigenvalue weighted by molar-refractivity contribution is 5.79. The molecule has 1 heterocycles. The van der Waals surface area contributed by atoms with E-state index in [2.05, 4.69) is 38.2 Å². The van der Waals surface area contributed by atoms with E-state index in [1.807, 2.05) is 36.4 Å². The van der Waals surface area contributed by atoms with E-state index in [1.165, 1.54) is 5.56 Å². The quantitative estimate of drug-likeness (QED) is 0.286. The van der Waals surface area contributed by atoms with Crippen molar-refractivity contribution in [2.45, 2.75) is 65.5 Å². The summed E-state index contributed by atoms with van der Waals surface area (Å²) in [5.41, 5.74) is 2.38. The highest BCUT2D eigenvalue weighted by Crippen LogP contribution is 2.33. The van der Waals surface area contributed by atoms with E-state index in [1.54, 1.807) is 14.2 Å². The zero-order valence-electron chi connectivity index (χ0n) is 23.9. The van der Waals surface area contributed by atoms with Gasteiger partial charge in [0.1, 0.15) is 0 Å². The van der Waals surface area contributed by atoms with Gasteiger partial charge in [0.25, 0.3) is 0 Å². The van der Waals surface area contributed by atoms with E-state index < -0.39 is 0 Å². The van der Waals surface area contributed by atoms with Crippen molar-refractivity contribution in [2.24, 2.45) is 23.7 Å². The molecule has 0 aliphatic carbocycles. The largest absolute Gasteiger partial charge is 0.493 e. The third kappa shape index (κ3) is 9.32. The molecular weight excluding hydrogens is 478 g/mol. The van der Waals surface area contributed by atoms with Crippen molar-refractivity contribution < 1.29 is 23.7 Å². The lowest BCUT2D eigenvalue weighted by Crippen LogP contribution is -2.42. The Hall–Kier alpha value is -2.57. The van der Waals surface area contributed by atoms with Gasteiger partial charge in [-0.15, -0.1) is 0 Å². The number of methoxy groups -OCH3 is 2. The summed E-state index contributed by atoms with van der Waals surface area (Å²) in [5.74, 6) is 2.96. The first kappa shape index (κ1) is 30.0. The summed E-state index contributed by atoms with van der Waals surface area (Å²) >= 11 is 0. The van der Waals surface area contributed by atoms with Crippen molar-refractivity contribution in [3.05, 3.63) is 59.7 Å². The summed E-state index contributed by atoms with van der Waals surface area (Å²) < 4.78 is 22.8. The van der Waals surface area contributed by atoms with E-state index in [9.17, 15) is 4.79 Å². The second-order valence-electron chi connectivity index (χ2n) is 10.9. The predicted molar refractivity (Wildman–Crippen MR) is 152 cm³/mol. The molecule has 1 fully saturated rings. The van der Waals surface area contributed by atoms with Crippen LogP contribution in [0.2, 0.25) is 0 Å². The Labute approximate surface area is 229 Å². The highest BCUT2D eigenvalue weighted by atomic mass is 16.5. The van der Waals surface area contributed by atoms with Crippen LogP contribution in [0.1, 0.15) is 57.6 Å². The molecule has 210 valence electrons. The monoisotopic (exact) mass is 525 g/mol. The van der Waals surface area contributed by atoms with Crippen LogP contribution in [-0.4, -0.2) is 46.1 Å². The first-order chi connectivity index (χ1) is 18.4. The molecular formula is C32H47NO5.